The number of amides is 2. The smallest absolute Gasteiger partial charge is 0.321 e. The summed E-state index contributed by atoms with van der Waals surface area (Å²) in [5.74, 6) is 0.787. The lowest BCUT2D eigenvalue weighted by atomic mass is 10.1. The van der Waals surface area contributed by atoms with Crippen LogP contribution in [0.4, 0.5) is 10.5 Å². The number of benzene rings is 1. The summed E-state index contributed by atoms with van der Waals surface area (Å²) in [6, 6.07) is 11.4. The summed E-state index contributed by atoms with van der Waals surface area (Å²) >= 11 is 1.67. The summed E-state index contributed by atoms with van der Waals surface area (Å²) in [7, 11) is 1.80. The Labute approximate surface area is 152 Å². The van der Waals surface area contributed by atoms with Gasteiger partial charge in [0, 0.05) is 30.8 Å². The second-order valence-corrected chi connectivity index (χ2v) is 7.22. The Morgan fingerprint density at radius 3 is 2.84 bits per heavy atom. The predicted octanol–water partition coefficient (Wildman–Crippen LogP) is 4.36. The Kier molecular flexibility index (Phi) is 6.30. The van der Waals surface area contributed by atoms with Crippen LogP contribution in [-0.4, -0.2) is 37.2 Å². The molecule has 3 rings (SSSR count). The van der Waals surface area contributed by atoms with Gasteiger partial charge in [-0.25, -0.2) is 4.79 Å². The molecule has 1 saturated heterocycles. The van der Waals surface area contributed by atoms with E-state index in [2.05, 4.69) is 5.32 Å². The number of nitrogens with one attached hydrogen (secondary N) is 1. The molecule has 1 aromatic heterocycles. The summed E-state index contributed by atoms with van der Waals surface area (Å²) in [5, 5.41) is 4.94. The Bertz CT molecular complexity index is 652. The molecule has 25 heavy (non-hydrogen) atoms. The molecular formula is C19H24N2O3S. The van der Waals surface area contributed by atoms with Crippen molar-refractivity contribution in [2.45, 2.75) is 32.0 Å². The van der Waals surface area contributed by atoms with Crippen molar-refractivity contribution in [1.29, 1.82) is 0 Å². The van der Waals surface area contributed by atoms with Crippen LogP contribution >= 0.6 is 11.3 Å². The SMILES string of the molecule is CN(CC1CCCCO1)C(=O)Nc1ccc(OCc2cccs2)cc1. The average Bonchev–Trinajstić information content (AvgIpc) is 3.15. The normalized spacial score (nSPS) is 17.1. The lowest BCUT2D eigenvalue weighted by Gasteiger charge is -2.27. The number of nitrogens with zero attached hydrogens (tertiary/aromatic N) is 1. The molecule has 0 saturated carbocycles. The molecule has 1 fully saturated rings. The molecule has 1 aliphatic rings. The van der Waals surface area contributed by atoms with Crippen LogP contribution in [0, 0.1) is 0 Å². The van der Waals surface area contributed by atoms with Gasteiger partial charge in [-0.3, -0.25) is 0 Å². The number of hydrogen-bond donors (Lipinski definition) is 1. The van der Waals surface area contributed by atoms with Crippen molar-refractivity contribution in [3.05, 3.63) is 46.7 Å². The summed E-state index contributed by atoms with van der Waals surface area (Å²) < 4.78 is 11.4. The maximum absolute atomic E-state index is 12.3. The molecule has 0 radical (unpaired) electrons. The molecule has 5 nitrogen and oxygen atoms in total. The minimum Gasteiger partial charge on any atom is -0.488 e. The van der Waals surface area contributed by atoms with Crippen molar-refractivity contribution in [3.8, 4) is 5.75 Å². The third kappa shape index (κ3) is 5.47. The van der Waals surface area contributed by atoms with Gasteiger partial charge in [0.05, 0.1) is 6.10 Å². The number of ether oxygens (including phenoxy) is 2. The zero-order valence-electron chi connectivity index (χ0n) is 14.4. The predicted molar refractivity (Wildman–Crippen MR) is 100 cm³/mol. The van der Waals surface area contributed by atoms with Gasteiger partial charge in [0.15, 0.2) is 0 Å². The van der Waals surface area contributed by atoms with Gasteiger partial charge in [-0.1, -0.05) is 6.07 Å². The van der Waals surface area contributed by atoms with Gasteiger partial charge in [-0.2, -0.15) is 0 Å². The van der Waals surface area contributed by atoms with Gasteiger partial charge < -0.3 is 19.7 Å². The topological polar surface area (TPSA) is 50.8 Å². The number of carbonyl (C=O) groups is 1. The fourth-order valence-electron chi connectivity index (χ4n) is 2.74. The zero-order valence-corrected chi connectivity index (χ0v) is 15.3. The van der Waals surface area contributed by atoms with Crippen molar-refractivity contribution in [3.63, 3.8) is 0 Å². The second kappa shape index (κ2) is 8.87. The van der Waals surface area contributed by atoms with E-state index < -0.39 is 0 Å². The molecule has 1 unspecified atom stereocenters. The average molecular weight is 360 g/mol. The number of urea groups is 1. The van der Waals surface area contributed by atoms with Gasteiger partial charge in [-0.05, 0) is 55.0 Å². The zero-order chi connectivity index (χ0) is 17.5. The number of carbonyl (C=O) groups excluding carboxylic acids is 1. The molecule has 0 aliphatic carbocycles. The Morgan fingerprint density at radius 1 is 1.32 bits per heavy atom. The van der Waals surface area contributed by atoms with E-state index in [0.717, 1.165) is 30.9 Å². The highest BCUT2D eigenvalue weighted by molar-refractivity contribution is 7.09. The largest absolute Gasteiger partial charge is 0.488 e. The molecule has 2 aromatic rings. The maximum atomic E-state index is 12.3. The molecule has 2 heterocycles. The van der Waals surface area contributed by atoms with Gasteiger partial charge in [-0.15, -0.1) is 11.3 Å². The summed E-state index contributed by atoms with van der Waals surface area (Å²) in [6.07, 6.45) is 3.46. The highest BCUT2D eigenvalue weighted by Crippen LogP contribution is 2.19. The van der Waals surface area contributed by atoms with Crippen LogP contribution in [0.15, 0.2) is 41.8 Å². The molecular weight excluding hydrogens is 336 g/mol. The van der Waals surface area contributed by atoms with E-state index in [4.69, 9.17) is 9.47 Å². The van der Waals surface area contributed by atoms with Crippen molar-refractivity contribution in [2.75, 3.05) is 25.5 Å². The van der Waals surface area contributed by atoms with Crippen LogP contribution in [0.25, 0.3) is 0 Å². The highest BCUT2D eigenvalue weighted by atomic mass is 32.1. The third-order valence-corrected chi connectivity index (χ3v) is 5.01. The van der Waals surface area contributed by atoms with Gasteiger partial charge in [0.2, 0.25) is 0 Å². The van der Waals surface area contributed by atoms with Crippen LogP contribution in [0.2, 0.25) is 0 Å². The number of rotatable bonds is 6. The lowest BCUT2D eigenvalue weighted by molar-refractivity contribution is 0.00463. The molecule has 0 spiro atoms. The summed E-state index contributed by atoms with van der Waals surface area (Å²) in [5.41, 5.74) is 0.755. The first kappa shape index (κ1) is 17.8. The second-order valence-electron chi connectivity index (χ2n) is 6.19. The Balaban J connectivity index is 1.45. The van der Waals surface area contributed by atoms with E-state index in [1.807, 2.05) is 41.8 Å². The number of thiophene rings is 1. The first-order chi connectivity index (χ1) is 12.2. The minimum absolute atomic E-state index is 0.124. The first-order valence-corrected chi connectivity index (χ1v) is 9.47. The molecule has 0 bridgehead atoms. The van der Waals surface area contributed by atoms with Crippen LogP contribution in [0.3, 0.4) is 0 Å². The molecule has 1 aliphatic heterocycles. The number of hydrogen-bond acceptors (Lipinski definition) is 4. The van der Waals surface area contributed by atoms with Crippen molar-refractivity contribution in [1.82, 2.24) is 4.90 Å². The minimum atomic E-state index is -0.124. The lowest BCUT2D eigenvalue weighted by Crippen LogP contribution is -2.39. The molecule has 1 atom stereocenters. The highest BCUT2D eigenvalue weighted by Gasteiger charge is 2.18. The van der Waals surface area contributed by atoms with Crippen molar-refractivity contribution >= 4 is 23.1 Å². The van der Waals surface area contributed by atoms with Crippen LogP contribution in [0.1, 0.15) is 24.1 Å². The first-order valence-electron chi connectivity index (χ1n) is 8.59. The van der Waals surface area contributed by atoms with E-state index in [-0.39, 0.29) is 12.1 Å². The maximum Gasteiger partial charge on any atom is 0.321 e. The van der Waals surface area contributed by atoms with E-state index in [9.17, 15) is 4.79 Å². The third-order valence-electron chi connectivity index (χ3n) is 4.16. The fraction of sp³-hybridized carbons (Fsp3) is 0.421. The van der Waals surface area contributed by atoms with Crippen LogP contribution < -0.4 is 10.1 Å². The standard InChI is InChI=1S/C19H24N2O3S/c1-21(13-17-5-2-3-11-23-17)19(22)20-15-7-9-16(10-8-15)24-14-18-6-4-12-25-18/h4,6-10,12,17H,2-3,5,11,13-14H2,1H3,(H,20,22). The van der Waals surface area contributed by atoms with Gasteiger partial charge >= 0.3 is 6.03 Å². The van der Waals surface area contributed by atoms with E-state index >= 15 is 0 Å². The quantitative estimate of drug-likeness (QED) is 0.833. The van der Waals surface area contributed by atoms with Gasteiger partial charge in [0.25, 0.3) is 0 Å². The summed E-state index contributed by atoms with van der Waals surface area (Å²) in [4.78, 5) is 15.1. The number of likely N-dealkylation sites (N-methyl/N-ethyl adjacent to an activating group) is 1. The molecule has 1 aromatic carbocycles. The van der Waals surface area contributed by atoms with E-state index in [0.29, 0.717) is 13.2 Å². The molecule has 134 valence electrons. The number of anilines is 1. The monoisotopic (exact) mass is 360 g/mol. The molecule has 1 N–H and O–H groups in total. The van der Waals surface area contributed by atoms with E-state index in [1.165, 1.54) is 11.3 Å². The molecule has 6 heteroatoms. The summed E-state index contributed by atoms with van der Waals surface area (Å²) in [6.45, 7) is 1.98. The van der Waals surface area contributed by atoms with Crippen molar-refractivity contribution < 1.29 is 14.3 Å². The van der Waals surface area contributed by atoms with E-state index in [1.54, 1.807) is 23.3 Å². The Morgan fingerprint density at radius 2 is 2.16 bits per heavy atom. The van der Waals surface area contributed by atoms with Crippen molar-refractivity contribution in [2.24, 2.45) is 0 Å². The van der Waals surface area contributed by atoms with Crippen LogP contribution in [-0.2, 0) is 11.3 Å². The van der Waals surface area contributed by atoms with Gasteiger partial charge in [0.1, 0.15) is 12.4 Å². The Hall–Kier alpha value is -2.05. The molecule has 2 amide bonds. The van der Waals surface area contributed by atoms with Crippen LogP contribution in [0.5, 0.6) is 5.75 Å². The fourth-order valence-corrected chi connectivity index (χ4v) is 3.36.